The van der Waals surface area contributed by atoms with E-state index < -0.39 is 0 Å². The van der Waals surface area contributed by atoms with Gasteiger partial charge in [0.1, 0.15) is 5.82 Å². The first-order valence-corrected chi connectivity index (χ1v) is 10.4. The molecule has 0 radical (unpaired) electrons. The van der Waals surface area contributed by atoms with Crippen LogP contribution in [0.1, 0.15) is 34.1 Å². The lowest BCUT2D eigenvalue weighted by Crippen LogP contribution is -2.34. The summed E-state index contributed by atoms with van der Waals surface area (Å²) in [6.07, 6.45) is 1.81. The molecule has 3 heterocycles. The molecule has 29 heavy (non-hydrogen) atoms. The molecule has 0 unspecified atom stereocenters. The van der Waals surface area contributed by atoms with Gasteiger partial charge in [-0.15, -0.1) is 10.2 Å². The average Bonchev–Trinajstić information content (AvgIpc) is 3.40. The maximum Gasteiger partial charge on any atom is 0.254 e. The molecular formula is C23H25N5O. The van der Waals surface area contributed by atoms with Crippen molar-refractivity contribution in [2.45, 2.75) is 25.3 Å². The number of benzene rings is 2. The van der Waals surface area contributed by atoms with E-state index in [1.807, 2.05) is 41.3 Å². The van der Waals surface area contributed by atoms with E-state index in [1.54, 1.807) is 0 Å². The number of hydrogen-bond acceptors (Lipinski definition) is 4. The summed E-state index contributed by atoms with van der Waals surface area (Å²) in [6, 6.07) is 18.2. The van der Waals surface area contributed by atoms with Crippen molar-refractivity contribution >= 4 is 5.91 Å². The lowest BCUT2D eigenvalue weighted by atomic mass is 9.93. The lowest BCUT2D eigenvalue weighted by molar-refractivity contribution is 0.0757. The summed E-state index contributed by atoms with van der Waals surface area (Å²) in [5.41, 5.74) is 3.09. The van der Waals surface area contributed by atoms with Gasteiger partial charge in [-0.3, -0.25) is 4.79 Å². The molecule has 6 nitrogen and oxygen atoms in total. The summed E-state index contributed by atoms with van der Waals surface area (Å²) >= 11 is 0. The summed E-state index contributed by atoms with van der Waals surface area (Å²) < 4.78 is 2.16. The largest absolute Gasteiger partial charge is 0.336 e. The van der Waals surface area contributed by atoms with E-state index in [-0.39, 0.29) is 5.91 Å². The summed E-state index contributed by atoms with van der Waals surface area (Å²) in [5.74, 6) is 2.39. The van der Waals surface area contributed by atoms with Gasteiger partial charge in [0.2, 0.25) is 0 Å². The number of carbonyl (C=O) groups is 1. The van der Waals surface area contributed by atoms with Crippen LogP contribution in [-0.4, -0.2) is 51.8 Å². The first-order valence-electron chi connectivity index (χ1n) is 10.4. The number of fused-ring (bicyclic) bond motifs is 1. The van der Waals surface area contributed by atoms with Crippen LogP contribution in [0.2, 0.25) is 0 Å². The molecule has 0 aliphatic carbocycles. The number of nitrogens with zero attached hydrogens (tertiary/aromatic N) is 4. The quantitative estimate of drug-likeness (QED) is 0.751. The molecule has 1 saturated heterocycles. The van der Waals surface area contributed by atoms with Crippen LogP contribution in [0, 0.1) is 0 Å². The molecular weight excluding hydrogens is 362 g/mol. The fraction of sp³-hybridized carbons (Fsp3) is 0.348. The van der Waals surface area contributed by atoms with Gasteiger partial charge in [-0.25, -0.2) is 0 Å². The van der Waals surface area contributed by atoms with Gasteiger partial charge in [-0.2, -0.15) is 0 Å². The highest BCUT2D eigenvalue weighted by Crippen LogP contribution is 2.27. The molecule has 6 heteroatoms. The van der Waals surface area contributed by atoms with Crippen LogP contribution < -0.4 is 5.32 Å². The van der Waals surface area contributed by atoms with E-state index in [4.69, 9.17) is 0 Å². The predicted molar refractivity (Wildman–Crippen MR) is 112 cm³/mol. The van der Waals surface area contributed by atoms with Crippen LogP contribution in [0.25, 0.3) is 11.4 Å². The van der Waals surface area contributed by atoms with E-state index in [9.17, 15) is 4.79 Å². The second-order valence-electron chi connectivity index (χ2n) is 7.78. The Balaban J connectivity index is 1.38. The van der Waals surface area contributed by atoms with Crippen molar-refractivity contribution in [2.75, 3.05) is 26.2 Å². The van der Waals surface area contributed by atoms with Crippen molar-refractivity contribution in [3.8, 4) is 11.4 Å². The SMILES string of the molecule is O=C(c1ccccc1[C@@H]1CCNC1)N1CCc2nnc(-c3ccccc3)n2CC1. The van der Waals surface area contributed by atoms with E-state index in [0.29, 0.717) is 25.6 Å². The Kier molecular flexibility index (Phi) is 4.86. The Bertz CT molecular complexity index is 1010. The van der Waals surface area contributed by atoms with Gasteiger partial charge >= 0.3 is 0 Å². The van der Waals surface area contributed by atoms with Gasteiger partial charge in [0.25, 0.3) is 5.91 Å². The number of aromatic nitrogens is 3. The zero-order valence-corrected chi connectivity index (χ0v) is 16.4. The van der Waals surface area contributed by atoms with Crippen LogP contribution >= 0.6 is 0 Å². The van der Waals surface area contributed by atoms with Gasteiger partial charge in [-0.1, -0.05) is 48.5 Å². The number of rotatable bonds is 3. The molecule has 0 spiro atoms. The Morgan fingerprint density at radius 3 is 2.62 bits per heavy atom. The Morgan fingerprint density at radius 2 is 1.79 bits per heavy atom. The fourth-order valence-corrected chi connectivity index (χ4v) is 4.46. The highest BCUT2D eigenvalue weighted by molar-refractivity contribution is 5.96. The number of amides is 1. The summed E-state index contributed by atoms with van der Waals surface area (Å²) in [4.78, 5) is 15.4. The van der Waals surface area contributed by atoms with Crippen molar-refractivity contribution in [1.29, 1.82) is 0 Å². The summed E-state index contributed by atoms with van der Waals surface area (Å²) in [5, 5.41) is 12.2. The topological polar surface area (TPSA) is 63.1 Å². The van der Waals surface area contributed by atoms with Gasteiger partial charge < -0.3 is 14.8 Å². The van der Waals surface area contributed by atoms with Crippen molar-refractivity contribution in [3.05, 3.63) is 71.5 Å². The van der Waals surface area contributed by atoms with Gasteiger partial charge in [0.05, 0.1) is 0 Å². The highest BCUT2D eigenvalue weighted by atomic mass is 16.2. The minimum atomic E-state index is 0.132. The highest BCUT2D eigenvalue weighted by Gasteiger charge is 2.27. The number of nitrogens with one attached hydrogen (secondary N) is 1. The van der Waals surface area contributed by atoms with E-state index in [1.165, 1.54) is 5.56 Å². The van der Waals surface area contributed by atoms with E-state index in [0.717, 1.165) is 48.7 Å². The molecule has 1 amide bonds. The first-order chi connectivity index (χ1) is 14.3. The number of hydrogen-bond donors (Lipinski definition) is 1. The lowest BCUT2D eigenvalue weighted by Gasteiger charge is -2.23. The normalized spacial score (nSPS) is 19.0. The first kappa shape index (κ1) is 18.1. The number of carbonyl (C=O) groups excluding carboxylic acids is 1. The maximum atomic E-state index is 13.4. The minimum Gasteiger partial charge on any atom is -0.336 e. The summed E-state index contributed by atoms with van der Waals surface area (Å²) in [7, 11) is 0. The average molecular weight is 387 g/mol. The van der Waals surface area contributed by atoms with Crippen molar-refractivity contribution in [1.82, 2.24) is 25.0 Å². The zero-order chi connectivity index (χ0) is 19.6. The van der Waals surface area contributed by atoms with Crippen LogP contribution in [0.5, 0.6) is 0 Å². The monoisotopic (exact) mass is 387 g/mol. The Hall–Kier alpha value is -2.99. The molecule has 2 aliphatic heterocycles. The molecule has 1 atom stereocenters. The fourth-order valence-electron chi connectivity index (χ4n) is 4.46. The molecule has 0 bridgehead atoms. The third-order valence-corrected chi connectivity index (χ3v) is 6.04. The molecule has 0 saturated carbocycles. The minimum absolute atomic E-state index is 0.132. The molecule has 2 aliphatic rings. The summed E-state index contributed by atoms with van der Waals surface area (Å²) in [6.45, 7) is 4.02. The van der Waals surface area contributed by atoms with E-state index >= 15 is 0 Å². The van der Waals surface area contributed by atoms with Crippen molar-refractivity contribution < 1.29 is 4.79 Å². The molecule has 1 fully saturated rings. The van der Waals surface area contributed by atoms with Crippen molar-refractivity contribution in [3.63, 3.8) is 0 Å². The maximum absolute atomic E-state index is 13.4. The van der Waals surface area contributed by atoms with Crippen LogP contribution in [-0.2, 0) is 13.0 Å². The standard InChI is InChI=1S/C23H25N5O/c29-23(20-9-5-4-8-19(20)18-10-12-24-16-18)27-13-11-21-25-26-22(28(21)15-14-27)17-6-2-1-3-7-17/h1-9,18,24H,10-16H2/t18-/m1/s1. The van der Waals surface area contributed by atoms with Gasteiger partial charge in [0, 0.05) is 43.7 Å². The Morgan fingerprint density at radius 1 is 0.966 bits per heavy atom. The smallest absolute Gasteiger partial charge is 0.254 e. The Labute approximate surface area is 170 Å². The molecule has 5 rings (SSSR count). The second kappa shape index (κ2) is 7.79. The molecule has 3 aromatic rings. The van der Waals surface area contributed by atoms with Crippen LogP contribution in [0.15, 0.2) is 54.6 Å². The zero-order valence-electron chi connectivity index (χ0n) is 16.4. The molecule has 1 aromatic heterocycles. The van der Waals surface area contributed by atoms with Crippen LogP contribution in [0.3, 0.4) is 0 Å². The van der Waals surface area contributed by atoms with E-state index in [2.05, 4.69) is 38.3 Å². The second-order valence-corrected chi connectivity index (χ2v) is 7.78. The molecule has 2 aromatic carbocycles. The van der Waals surface area contributed by atoms with Gasteiger partial charge in [-0.05, 0) is 30.5 Å². The third kappa shape index (κ3) is 3.44. The van der Waals surface area contributed by atoms with Gasteiger partial charge in [0.15, 0.2) is 5.82 Å². The molecule has 148 valence electrons. The molecule has 1 N–H and O–H groups in total. The third-order valence-electron chi connectivity index (χ3n) is 6.04. The van der Waals surface area contributed by atoms with Crippen LogP contribution in [0.4, 0.5) is 0 Å². The predicted octanol–water partition coefficient (Wildman–Crippen LogP) is 2.72. The van der Waals surface area contributed by atoms with Crippen molar-refractivity contribution in [2.24, 2.45) is 0 Å².